The molecular weight excluding hydrogens is 402 g/mol. The third kappa shape index (κ3) is 3.81. The van der Waals surface area contributed by atoms with Crippen molar-refractivity contribution in [3.8, 4) is 11.5 Å². The predicted octanol–water partition coefficient (Wildman–Crippen LogP) is 1.98. The quantitative estimate of drug-likeness (QED) is 0.490. The molecule has 4 rings (SSSR count). The van der Waals surface area contributed by atoms with Crippen LogP contribution in [0.1, 0.15) is 22.4 Å². The monoisotopic (exact) mass is 421 g/mol. The average molecular weight is 421 g/mol. The highest BCUT2D eigenvalue weighted by Gasteiger charge is 2.12. The number of fused-ring (bicyclic) bond motifs is 1. The van der Waals surface area contributed by atoms with Crippen molar-refractivity contribution in [3.63, 3.8) is 0 Å². The first-order valence-corrected chi connectivity index (χ1v) is 10.0. The summed E-state index contributed by atoms with van der Waals surface area (Å²) in [6.45, 7) is 2.00. The Labute approximate surface area is 175 Å². The van der Waals surface area contributed by atoms with E-state index < -0.39 is 5.56 Å². The van der Waals surface area contributed by atoms with E-state index >= 15 is 0 Å². The molecule has 0 unspecified atom stereocenters. The summed E-state index contributed by atoms with van der Waals surface area (Å²) in [4.78, 5) is 29.6. The molecule has 30 heavy (non-hydrogen) atoms. The van der Waals surface area contributed by atoms with Gasteiger partial charge in [-0.15, -0.1) is 0 Å². The fraction of sp³-hybridized carbons (Fsp3) is 0.182. The Morgan fingerprint density at radius 3 is 2.47 bits per heavy atom. The number of ether oxygens (including phenoxy) is 2. The lowest BCUT2D eigenvalue weighted by atomic mass is 10.1. The zero-order chi connectivity index (χ0) is 21.3. The van der Waals surface area contributed by atoms with E-state index in [-0.39, 0.29) is 16.2 Å². The molecule has 0 aliphatic heterocycles. The normalized spacial score (nSPS) is 11.8. The summed E-state index contributed by atoms with van der Waals surface area (Å²) in [5.41, 5.74) is 2.33. The summed E-state index contributed by atoms with van der Waals surface area (Å²) >= 11 is 1.12. The van der Waals surface area contributed by atoms with Crippen LogP contribution in [0, 0.1) is 6.92 Å². The van der Waals surface area contributed by atoms with Crippen LogP contribution >= 0.6 is 11.3 Å². The number of aromatic nitrogens is 3. The number of methoxy groups -OCH3 is 2. The standard InChI is InChI=1S/C22H19N3O4S/c1-13-4-6-14(7-5-13)10-16-20(26)23-22-25(24-16)21(27)19(30-22)12-15-8-9-17(28-2)18(11-15)29-3/h4-9,11-12H,10H2,1-3H3. The first-order chi connectivity index (χ1) is 14.5. The fourth-order valence-corrected chi connectivity index (χ4v) is 3.95. The Morgan fingerprint density at radius 2 is 1.77 bits per heavy atom. The number of rotatable bonds is 5. The van der Waals surface area contributed by atoms with Crippen LogP contribution in [0.5, 0.6) is 11.5 Å². The van der Waals surface area contributed by atoms with E-state index in [2.05, 4.69) is 10.1 Å². The highest BCUT2D eigenvalue weighted by Crippen LogP contribution is 2.27. The van der Waals surface area contributed by atoms with Crippen LogP contribution in [0.2, 0.25) is 0 Å². The SMILES string of the molecule is COc1ccc(C=c2sc3nc(=O)c(Cc4ccc(C)cc4)nn3c2=O)cc1OC. The second kappa shape index (κ2) is 8.08. The molecule has 2 aromatic carbocycles. The minimum Gasteiger partial charge on any atom is -0.493 e. The summed E-state index contributed by atoms with van der Waals surface area (Å²) in [7, 11) is 3.11. The molecule has 7 nitrogen and oxygen atoms in total. The zero-order valence-corrected chi connectivity index (χ0v) is 17.5. The third-order valence-corrected chi connectivity index (χ3v) is 5.61. The van der Waals surface area contributed by atoms with Crippen LogP contribution in [-0.2, 0) is 6.42 Å². The minimum atomic E-state index is -0.422. The van der Waals surface area contributed by atoms with Crippen LogP contribution in [0.15, 0.2) is 52.1 Å². The molecule has 2 heterocycles. The summed E-state index contributed by atoms with van der Waals surface area (Å²) < 4.78 is 12.2. The van der Waals surface area contributed by atoms with Crippen molar-refractivity contribution in [1.29, 1.82) is 0 Å². The summed E-state index contributed by atoms with van der Waals surface area (Å²) in [6.07, 6.45) is 2.04. The molecule has 0 fully saturated rings. The van der Waals surface area contributed by atoms with Crippen LogP contribution in [0.25, 0.3) is 11.0 Å². The molecule has 2 aromatic heterocycles. The van der Waals surface area contributed by atoms with Gasteiger partial charge in [-0.05, 0) is 36.3 Å². The fourth-order valence-electron chi connectivity index (χ4n) is 3.05. The van der Waals surface area contributed by atoms with Gasteiger partial charge in [0.1, 0.15) is 5.69 Å². The van der Waals surface area contributed by atoms with Crippen molar-refractivity contribution >= 4 is 22.4 Å². The molecule has 0 bridgehead atoms. The highest BCUT2D eigenvalue weighted by molar-refractivity contribution is 7.15. The van der Waals surface area contributed by atoms with Gasteiger partial charge in [-0.2, -0.15) is 14.6 Å². The van der Waals surface area contributed by atoms with E-state index in [0.29, 0.717) is 22.5 Å². The molecule has 0 N–H and O–H groups in total. The Hall–Kier alpha value is -3.52. The average Bonchev–Trinajstić information content (AvgIpc) is 3.04. The van der Waals surface area contributed by atoms with Crippen molar-refractivity contribution in [2.75, 3.05) is 14.2 Å². The number of aryl methyl sites for hydroxylation is 1. The van der Waals surface area contributed by atoms with Crippen LogP contribution in [-0.4, -0.2) is 28.8 Å². The van der Waals surface area contributed by atoms with Gasteiger partial charge in [0, 0.05) is 6.42 Å². The second-order valence-corrected chi connectivity index (χ2v) is 7.76. The summed E-state index contributed by atoms with van der Waals surface area (Å²) in [5.74, 6) is 1.16. The molecule has 0 spiro atoms. The lowest BCUT2D eigenvalue weighted by Gasteiger charge is -2.07. The van der Waals surface area contributed by atoms with E-state index in [9.17, 15) is 9.59 Å². The lowest BCUT2D eigenvalue weighted by molar-refractivity contribution is 0.355. The number of hydrogen-bond acceptors (Lipinski definition) is 7. The molecule has 0 radical (unpaired) electrons. The minimum absolute atomic E-state index is 0.240. The Balaban J connectivity index is 1.77. The van der Waals surface area contributed by atoms with Crippen molar-refractivity contribution in [1.82, 2.24) is 14.6 Å². The summed E-state index contributed by atoms with van der Waals surface area (Å²) in [5, 5.41) is 4.29. The number of thiazole rings is 1. The molecular formula is C22H19N3O4S. The first-order valence-electron chi connectivity index (χ1n) is 9.20. The van der Waals surface area contributed by atoms with E-state index in [4.69, 9.17) is 9.47 Å². The molecule has 0 amide bonds. The van der Waals surface area contributed by atoms with Gasteiger partial charge in [0.15, 0.2) is 11.5 Å². The van der Waals surface area contributed by atoms with Crippen LogP contribution < -0.4 is 25.1 Å². The maximum absolute atomic E-state index is 12.9. The summed E-state index contributed by atoms with van der Waals surface area (Å²) in [6, 6.07) is 13.2. The molecule has 0 saturated carbocycles. The van der Waals surface area contributed by atoms with Crippen LogP contribution in [0.3, 0.4) is 0 Å². The van der Waals surface area contributed by atoms with Gasteiger partial charge in [0.25, 0.3) is 11.1 Å². The van der Waals surface area contributed by atoms with Crippen molar-refractivity contribution in [2.45, 2.75) is 13.3 Å². The molecule has 0 atom stereocenters. The van der Waals surface area contributed by atoms with Gasteiger partial charge in [0.2, 0.25) is 4.96 Å². The third-order valence-electron chi connectivity index (χ3n) is 4.65. The number of hydrogen-bond donors (Lipinski definition) is 0. The molecule has 4 aromatic rings. The largest absolute Gasteiger partial charge is 0.493 e. The van der Waals surface area contributed by atoms with Gasteiger partial charge in [-0.1, -0.05) is 47.2 Å². The first kappa shape index (κ1) is 19.8. The van der Waals surface area contributed by atoms with E-state index in [1.54, 1.807) is 32.4 Å². The van der Waals surface area contributed by atoms with E-state index in [1.165, 1.54) is 4.52 Å². The van der Waals surface area contributed by atoms with Gasteiger partial charge in [0.05, 0.1) is 18.8 Å². The second-order valence-electron chi connectivity index (χ2n) is 6.75. The molecule has 0 aliphatic rings. The Morgan fingerprint density at radius 1 is 1.03 bits per heavy atom. The number of nitrogens with zero attached hydrogens (tertiary/aromatic N) is 3. The van der Waals surface area contributed by atoms with Crippen LogP contribution in [0.4, 0.5) is 0 Å². The molecule has 8 heteroatoms. The smallest absolute Gasteiger partial charge is 0.296 e. The molecule has 152 valence electrons. The van der Waals surface area contributed by atoms with E-state index in [1.807, 2.05) is 37.3 Å². The molecule has 0 saturated heterocycles. The predicted molar refractivity (Wildman–Crippen MR) is 116 cm³/mol. The topological polar surface area (TPSA) is 82.8 Å². The van der Waals surface area contributed by atoms with E-state index in [0.717, 1.165) is 28.0 Å². The van der Waals surface area contributed by atoms with Crippen molar-refractivity contribution < 1.29 is 9.47 Å². The van der Waals surface area contributed by atoms with Gasteiger partial charge >= 0.3 is 0 Å². The maximum Gasteiger partial charge on any atom is 0.296 e. The highest BCUT2D eigenvalue weighted by atomic mass is 32.1. The van der Waals surface area contributed by atoms with Gasteiger partial charge in [-0.3, -0.25) is 9.59 Å². The lowest BCUT2D eigenvalue weighted by Crippen LogP contribution is -2.28. The van der Waals surface area contributed by atoms with Gasteiger partial charge in [-0.25, -0.2) is 0 Å². The maximum atomic E-state index is 12.9. The zero-order valence-electron chi connectivity index (χ0n) is 16.7. The van der Waals surface area contributed by atoms with Crippen molar-refractivity contribution in [3.05, 3.63) is 90.1 Å². The Bertz CT molecular complexity index is 1390. The number of benzene rings is 2. The van der Waals surface area contributed by atoms with Crippen molar-refractivity contribution in [2.24, 2.45) is 0 Å². The van der Waals surface area contributed by atoms with Gasteiger partial charge < -0.3 is 9.47 Å². The Kier molecular flexibility index (Phi) is 5.33. The molecule has 0 aliphatic carbocycles.